The van der Waals surface area contributed by atoms with Gasteiger partial charge in [0, 0.05) is 19.1 Å². The Kier molecular flexibility index (Phi) is 3.58. The molecule has 2 aliphatic heterocycles. The molecule has 0 saturated carbocycles. The first-order chi connectivity index (χ1) is 7.97. The number of carbonyl (C=O) groups is 1. The molecule has 1 amide bonds. The minimum absolute atomic E-state index is 0.118. The van der Waals surface area contributed by atoms with E-state index in [1.807, 2.05) is 20.8 Å². The van der Waals surface area contributed by atoms with Crippen LogP contribution >= 0.6 is 0 Å². The zero-order valence-electron chi connectivity index (χ0n) is 10.9. The van der Waals surface area contributed by atoms with Crippen LogP contribution in [0.5, 0.6) is 0 Å². The third-order valence-electron chi connectivity index (χ3n) is 3.12. The van der Waals surface area contributed by atoms with Gasteiger partial charge < -0.3 is 19.7 Å². The quantitative estimate of drug-likeness (QED) is 0.688. The molecule has 0 spiro atoms. The van der Waals surface area contributed by atoms with Crippen LogP contribution in [0.15, 0.2) is 0 Å². The smallest absolute Gasteiger partial charge is 0.410 e. The number of hydrogen-bond donors (Lipinski definition) is 1. The number of rotatable bonds is 0. The fourth-order valence-corrected chi connectivity index (χ4v) is 2.37. The highest BCUT2D eigenvalue weighted by Crippen LogP contribution is 2.22. The zero-order valence-corrected chi connectivity index (χ0v) is 10.9. The average Bonchev–Trinajstić information content (AvgIpc) is 2.46. The van der Waals surface area contributed by atoms with Crippen molar-refractivity contribution in [1.29, 1.82) is 0 Å². The molecule has 2 rings (SSSR count). The molecule has 17 heavy (non-hydrogen) atoms. The highest BCUT2D eigenvalue weighted by atomic mass is 16.6. The van der Waals surface area contributed by atoms with Gasteiger partial charge >= 0.3 is 6.09 Å². The van der Waals surface area contributed by atoms with E-state index in [-0.39, 0.29) is 12.1 Å². The van der Waals surface area contributed by atoms with E-state index in [1.165, 1.54) is 0 Å². The van der Waals surface area contributed by atoms with Crippen LogP contribution in [0.2, 0.25) is 0 Å². The Balaban J connectivity index is 1.99. The molecule has 0 aliphatic carbocycles. The van der Waals surface area contributed by atoms with Crippen molar-refractivity contribution in [2.45, 2.75) is 44.9 Å². The fraction of sp³-hybridized carbons (Fsp3) is 0.917. The van der Waals surface area contributed by atoms with Crippen LogP contribution in [0.3, 0.4) is 0 Å². The van der Waals surface area contributed by atoms with Gasteiger partial charge in [-0.3, -0.25) is 0 Å². The molecule has 0 aromatic rings. The van der Waals surface area contributed by atoms with Gasteiger partial charge in [0.15, 0.2) is 0 Å². The Morgan fingerprint density at radius 3 is 2.94 bits per heavy atom. The van der Waals surface area contributed by atoms with Crippen LogP contribution in [-0.4, -0.2) is 55.0 Å². The summed E-state index contributed by atoms with van der Waals surface area (Å²) in [5.41, 5.74) is -0.436. The van der Waals surface area contributed by atoms with E-state index in [4.69, 9.17) is 9.47 Å². The number of likely N-dealkylation sites (tertiary alicyclic amines) is 1. The monoisotopic (exact) mass is 242 g/mol. The van der Waals surface area contributed by atoms with E-state index in [0.717, 1.165) is 26.1 Å². The third kappa shape index (κ3) is 3.10. The zero-order chi connectivity index (χ0) is 12.5. The van der Waals surface area contributed by atoms with Crippen LogP contribution in [0.25, 0.3) is 0 Å². The molecular weight excluding hydrogens is 220 g/mol. The van der Waals surface area contributed by atoms with Crippen LogP contribution in [0.1, 0.15) is 27.2 Å². The Hall–Kier alpha value is -0.810. The van der Waals surface area contributed by atoms with Crippen LogP contribution in [0.4, 0.5) is 4.79 Å². The predicted octanol–water partition coefficient (Wildman–Crippen LogP) is 0.984. The largest absolute Gasteiger partial charge is 0.444 e. The minimum Gasteiger partial charge on any atom is -0.444 e. The molecule has 2 saturated heterocycles. The lowest BCUT2D eigenvalue weighted by Crippen LogP contribution is -2.47. The summed E-state index contributed by atoms with van der Waals surface area (Å²) in [6.07, 6.45) is 0.755. The van der Waals surface area contributed by atoms with E-state index in [1.54, 1.807) is 4.90 Å². The first kappa shape index (κ1) is 12.6. The van der Waals surface area contributed by atoms with Gasteiger partial charge in [-0.2, -0.15) is 0 Å². The molecule has 0 unspecified atom stereocenters. The van der Waals surface area contributed by atoms with Crippen molar-refractivity contribution in [2.75, 3.05) is 26.3 Å². The molecule has 98 valence electrons. The lowest BCUT2D eigenvalue weighted by Gasteiger charge is -2.29. The van der Waals surface area contributed by atoms with Crippen molar-refractivity contribution in [3.05, 3.63) is 0 Å². The molecule has 1 N–H and O–H groups in total. The fourth-order valence-electron chi connectivity index (χ4n) is 2.37. The Labute approximate surface area is 102 Å². The number of amides is 1. The van der Waals surface area contributed by atoms with Crippen molar-refractivity contribution in [3.8, 4) is 0 Å². The van der Waals surface area contributed by atoms with E-state index < -0.39 is 5.60 Å². The predicted molar refractivity (Wildman–Crippen MR) is 64.0 cm³/mol. The van der Waals surface area contributed by atoms with Crippen molar-refractivity contribution >= 4 is 6.09 Å². The maximum atomic E-state index is 12.0. The molecule has 0 radical (unpaired) electrons. The van der Waals surface area contributed by atoms with Crippen molar-refractivity contribution in [1.82, 2.24) is 10.2 Å². The van der Waals surface area contributed by atoms with Crippen molar-refractivity contribution in [3.63, 3.8) is 0 Å². The molecule has 0 bridgehead atoms. The van der Waals surface area contributed by atoms with Crippen molar-refractivity contribution in [2.24, 2.45) is 0 Å². The van der Waals surface area contributed by atoms with Gasteiger partial charge in [0.1, 0.15) is 5.60 Å². The van der Waals surface area contributed by atoms with Crippen LogP contribution < -0.4 is 5.32 Å². The summed E-state index contributed by atoms with van der Waals surface area (Å²) in [5, 5.41) is 3.42. The summed E-state index contributed by atoms with van der Waals surface area (Å²) < 4.78 is 10.9. The summed E-state index contributed by atoms with van der Waals surface area (Å²) in [4.78, 5) is 13.8. The number of fused-ring (bicyclic) bond motifs is 1. The van der Waals surface area contributed by atoms with E-state index in [2.05, 4.69) is 5.32 Å². The van der Waals surface area contributed by atoms with Gasteiger partial charge in [-0.1, -0.05) is 0 Å². The van der Waals surface area contributed by atoms with Gasteiger partial charge in [-0.05, 0) is 27.2 Å². The van der Waals surface area contributed by atoms with Crippen LogP contribution in [-0.2, 0) is 9.47 Å². The molecule has 0 aromatic heterocycles. The van der Waals surface area contributed by atoms with Crippen molar-refractivity contribution < 1.29 is 14.3 Å². The maximum Gasteiger partial charge on any atom is 0.410 e. The lowest BCUT2D eigenvalue weighted by atomic mass is 10.1. The van der Waals surface area contributed by atoms with Gasteiger partial charge in [0.05, 0.1) is 19.3 Å². The first-order valence-electron chi connectivity index (χ1n) is 6.28. The van der Waals surface area contributed by atoms with Gasteiger partial charge in [0.25, 0.3) is 0 Å². The first-order valence-corrected chi connectivity index (χ1v) is 6.28. The second kappa shape index (κ2) is 4.82. The number of nitrogens with one attached hydrogen (secondary N) is 1. The highest BCUT2D eigenvalue weighted by Gasteiger charge is 2.39. The molecule has 5 heteroatoms. The van der Waals surface area contributed by atoms with Gasteiger partial charge in [0.2, 0.25) is 0 Å². The molecule has 2 heterocycles. The highest BCUT2D eigenvalue weighted by molar-refractivity contribution is 5.69. The number of hydrogen-bond acceptors (Lipinski definition) is 4. The maximum absolute atomic E-state index is 12.0. The Morgan fingerprint density at radius 2 is 2.24 bits per heavy atom. The summed E-state index contributed by atoms with van der Waals surface area (Å²) in [6, 6.07) is 0.470. The molecule has 0 aromatic carbocycles. The molecule has 2 aliphatic rings. The summed E-state index contributed by atoms with van der Waals surface area (Å²) in [7, 11) is 0. The lowest BCUT2D eigenvalue weighted by molar-refractivity contribution is 0.0125. The molecule has 5 nitrogen and oxygen atoms in total. The standard InChI is InChI=1S/C12H22N2O3/c1-12(2,3)17-11(15)14-6-4-9-10(14)8-16-7-5-13-9/h9-10,13H,4-8H2,1-3H3/t9-,10-/m0/s1. The SMILES string of the molecule is CC(C)(C)OC(=O)N1CC[C@@H]2NCCOC[C@@H]21. The second-order valence-corrected chi connectivity index (χ2v) is 5.67. The Bertz CT molecular complexity index is 288. The topological polar surface area (TPSA) is 50.8 Å². The molecule has 2 fully saturated rings. The summed E-state index contributed by atoms with van der Waals surface area (Å²) in [5.74, 6) is 0. The number of nitrogens with zero attached hydrogens (tertiary/aromatic N) is 1. The van der Waals surface area contributed by atoms with E-state index >= 15 is 0 Å². The third-order valence-corrected chi connectivity index (χ3v) is 3.12. The van der Waals surface area contributed by atoms with Gasteiger partial charge in [-0.25, -0.2) is 4.79 Å². The number of ether oxygens (including phenoxy) is 2. The second-order valence-electron chi connectivity index (χ2n) is 5.67. The Morgan fingerprint density at radius 1 is 1.47 bits per heavy atom. The average molecular weight is 242 g/mol. The van der Waals surface area contributed by atoms with E-state index in [0.29, 0.717) is 12.6 Å². The van der Waals surface area contributed by atoms with Crippen LogP contribution in [0, 0.1) is 0 Å². The summed E-state index contributed by atoms with van der Waals surface area (Å²) >= 11 is 0. The number of carbonyl (C=O) groups excluding carboxylic acids is 1. The minimum atomic E-state index is -0.436. The van der Waals surface area contributed by atoms with Gasteiger partial charge in [-0.15, -0.1) is 0 Å². The normalized spacial score (nSPS) is 29.7. The molecule has 2 atom stereocenters. The summed E-state index contributed by atoms with van der Waals surface area (Å²) in [6.45, 7) is 8.61. The molecular formula is C12H22N2O3. The van der Waals surface area contributed by atoms with E-state index in [9.17, 15) is 4.79 Å².